The first-order chi connectivity index (χ1) is 12.6. The number of likely N-dealkylation sites (tertiary alicyclic amines) is 1. The number of hydrogen-bond donors (Lipinski definition) is 0. The smallest absolute Gasteiger partial charge is 0.255 e. The lowest BCUT2D eigenvalue weighted by Gasteiger charge is -2.27. The number of nitrogens with zero attached hydrogens (tertiary/aromatic N) is 3. The lowest BCUT2D eigenvalue weighted by molar-refractivity contribution is 0.0724. The first kappa shape index (κ1) is 18.2. The van der Waals surface area contributed by atoms with Crippen LogP contribution in [-0.4, -0.2) is 42.5 Å². The summed E-state index contributed by atoms with van der Waals surface area (Å²) in [7, 11) is 1.66. The zero-order valence-electron chi connectivity index (χ0n) is 15.9. The molecule has 2 heterocycles. The van der Waals surface area contributed by atoms with Gasteiger partial charge in [0.1, 0.15) is 11.6 Å². The van der Waals surface area contributed by atoms with Gasteiger partial charge in [-0.1, -0.05) is 0 Å². The SMILES string of the molecule is CCN(c1ccc(OC)cc1)c1ncc(C(=O)N2CCCCC2)cc1C. The molecule has 0 saturated carbocycles. The molecular weight excluding hydrogens is 326 g/mol. The number of aryl methyl sites for hydroxylation is 1. The van der Waals surface area contributed by atoms with E-state index in [-0.39, 0.29) is 5.91 Å². The quantitative estimate of drug-likeness (QED) is 0.809. The lowest BCUT2D eigenvalue weighted by atomic mass is 10.1. The highest BCUT2D eigenvalue weighted by molar-refractivity contribution is 5.94. The van der Waals surface area contributed by atoms with E-state index in [4.69, 9.17) is 4.74 Å². The summed E-state index contributed by atoms with van der Waals surface area (Å²) in [5.74, 6) is 1.81. The molecule has 1 amide bonds. The number of aromatic nitrogens is 1. The third-order valence-corrected chi connectivity index (χ3v) is 4.90. The molecule has 1 aliphatic heterocycles. The van der Waals surface area contributed by atoms with E-state index in [2.05, 4.69) is 16.8 Å². The second-order valence-corrected chi connectivity index (χ2v) is 6.66. The van der Waals surface area contributed by atoms with Gasteiger partial charge in [-0.15, -0.1) is 0 Å². The topological polar surface area (TPSA) is 45.7 Å². The number of piperidine rings is 1. The van der Waals surface area contributed by atoms with Gasteiger partial charge in [0.15, 0.2) is 0 Å². The van der Waals surface area contributed by atoms with Crippen molar-refractivity contribution in [1.29, 1.82) is 0 Å². The van der Waals surface area contributed by atoms with E-state index in [1.165, 1.54) is 6.42 Å². The summed E-state index contributed by atoms with van der Waals surface area (Å²) in [6.07, 6.45) is 5.12. The summed E-state index contributed by atoms with van der Waals surface area (Å²) in [5.41, 5.74) is 2.74. The lowest BCUT2D eigenvalue weighted by Crippen LogP contribution is -2.35. The highest BCUT2D eigenvalue weighted by atomic mass is 16.5. The summed E-state index contributed by atoms with van der Waals surface area (Å²) >= 11 is 0. The number of carbonyl (C=O) groups excluding carboxylic acids is 1. The molecule has 5 nitrogen and oxygen atoms in total. The predicted molar refractivity (Wildman–Crippen MR) is 104 cm³/mol. The maximum atomic E-state index is 12.7. The number of pyridine rings is 1. The van der Waals surface area contributed by atoms with Crippen LogP contribution in [0.15, 0.2) is 36.5 Å². The predicted octanol–water partition coefficient (Wildman–Crippen LogP) is 4.18. The fourth-order valence-electron chi connectivity index (χ4n) is 3.46. The van der Waals surface area contributed by atoms with Crippen LogP contribution in [0.4, 0.5) is 11.5 Å². The van der Waals surface area contributed by atoms with Gasteiger partial charge in [-0.3, -0.25) is 4.79 Å². The molecule has 0 unspecified atom stereocenters. The molecule has 0 N–H and O–H groups in total. The number of carbonyl (C=O) groups is 1. The van der Waals surface area contributed by atoms with Gasteiger partial charge in [0.2, 0.25) is 0 Å². The van der Waals surface area contributed by atoms with Crippen LogP contribution in [0, 0.1) is 6.92 Å². The number of methoxy groups -OCH3 is 1. The van der Waals surface area contributed by atoms with Crippen LogP contribution in [0.5, 0.6) is 5.75 Å². The molecule has 0 aliphatic carbocycles. The second-order valence-electron chi connectivity index (χ2n) is 6.66. The van der Waals surface area contributed by atoms with Crippen molar-refractivity contribution in [3.05, 3.63) is 47.7 Å². The summed E-state index contributed by atoms with van der Waals surface area (Å²) in [5, 5.41) is 0. The van der Waals surface area contributed by atoms with E-state index in [9.17, 15) is 4.79 Å². The third-order valence-electron chi connectivity index (χ3n) is 4.90. The van der Waals surface area contributed by atoms with Crippen molar-refractivity contribution in [2.45, 2.75) is 33.1 Å². The van der Waals surface area contributed by atoms with Crippen LogP contribution in [0.25, 0.3) is 0 Å². The molecule has 2 aromatic rings. The number of rotatable bonds is 5. The molecule has 0 atom stereocenters. The molecule has 26 heavy (non-hydrogen) atoms. The normalized spacial score (nSPS) is 14.2. The van der Waals surface area contributed by atoms with Gasteiger partial charge in [-0.2, -0.15) is 0 Å². The Kier molecular flexibility index (Phi) is 5.76. The van der Waals surface area contributed by atoms with Crippen molar-refractivity contribution in [3.63, 3.8) is 0 Å². The van der Waals surface area contributed by atoms with E-state index in [1.807, 2.05) is 42.2 Å². The van der Waals surface area contributed by atoms with Gasteiger partial charge in [0, 0.05) is 31.5 Å². The van der Waals surface area contributed by atoms with E-state index < -0.39 is 0 Å². The van der Waals surface area contributed by atoms with Gasteiger partial charge < -0.3 is 14.5 Å². The molecule has 0 bridgehead atoms. The van der Waals surface area contributed by atoms with Crippen LogP contribution >= 0.6 is 0 Å². The Bertz CT molecular complexity index is 752. The second kappa shape index (κ2) is 8.21. The van der Waals surface area contributed by atoms with E-state index in [0.717, 1.165) is 55.3 Å². The number of benzene rings is 1. The zero-order valence-corrected chi connectivity index (χ0v) is 15.9. The number of ether oxygens (including phenoxy) is 1. The van der Waals surface area contributed by atoms with Gasteiger partial charge >= 0.3 is 0 Å². The van der Waals surface area contributed by atoms with Crippen molar-refractivity contribution in [2.24, 2.45) is 0 Å². The van der Waals surface area contributed by atoms with E-state index in [0.29, 0.717) is 5.56 Å². The largest absolute Gasteiger partial charge is 0.497 e. The molecule has 3 rings (SSSR count). The third kappa shape index (κ3) is 3.82. The Balaban J connectivity index is 1.83. The number of amides is 1. The molecule has 1 fully saturated rings. The summed E-state index contributed by atoms with van der Waals surface area (Å²) in [6, 6.07) is 9.90. The Morgan fingerprint density at radius 2 is 1.88 bits per heavy atom. The molecule has 138 valence electrons. The fraction of sp³-hybridized carbons (Fsp3) is 0.429. The van der Waals surface area contributed by atoms with Crippen molar-refractivity contribution < 1.29 is 9.53 Å². The Labute approximate surface area is 155 Å². The van der Waals surface area contributed by atoms with E-state index >= 15 is 0 Å². The summed E-state index contributed by atoms with van der Waals surface area (Å²) in [4.78, 5) is 21.4. The molecular formula is C21H27N3O2. The standard InChI is InChI=1S/C21H27N3O2/c1-4-24(18-8-10-19(26-3)11-9-18)20-16(2)14-17(15-22-20)21(25)23-12-6-5-7-13-23/h8-11,14-15H,4-7,12-13H2,1-3H3. The maximum absolute atomic E-state index is 12.7. The minimum Gasteiger partial charge on any atom is -0.497 e. The minimum atomic E-state index is 0.0966. The Hall–Kier alpha value is -2.56. The molecule has 1 aromatic carbocycles. The zero-order chi connectivity index (χ0) is 18.5. The van der Waals surface area contributed by atoms with Crippen LogP contribution in [0.2, 0.25) is 0 Å². The molecule has 1 aromatic heterocycles. The summed E-state index contributed by atoms with van der Waals surface area (Å²) in [6.45, 7) is 6.61. The fourth-order valence-corrected chi connectivity index (χ4v) is 3.46. The monoisotopic (exact) mass is 353 g/mol. The molecule has 1 saturated heterocycles. The molecule has 5 heteroatoms. The highest BCUT2D eigenvalue weighted by Gasteiger charge is 2.20. The van der Waals surface area contributed by atoms with E-state index in [1.54, 1.807) is 13.3 Å². The van der Waals surface area contributed by atoms with Crippen LogP contribution in [-0.2, 0) is 0 Å². The molecule has 0 spiro atoms. The Morgan fingerprint density at radius 3 is 2.46 bits per heavy atom. The van der Waals surface area contributed by atoms with Crippen LogP contribution < -0.4 is 9.64 Å². The highest BCUT2D eigenvalue weighted by Crippen LogP contribution is 2.28. The van der Waals surface area contributed by atoms with Crippen molar-refractivity contribution >= 4 is 17.4 Å². The van der Waals surface area contributed by atoms with Gasteiger partial charge in [0.25, 0.3) is 5.91 Å². The van der Waals surface area contributed by atoms with Crippen molar-refractivity contribution in [3.8, 4) is 5.75 Å². The minimum absolute atomic E-state index is 0.0966. The maximum Gasteiger partial charge on any atom is 0.255 e. The van der Waals surface area contributed by atoms with Crippen molar-refractivity contribution in [2.75, 3.05) is 31.6 Å². The molecule has 0 radical (unpaired) electrons. The molecule has 1 aliphatic rings. The average molecular weight is 353 g/mol. The number of hydrogen-bond acceptors (Lipinski definition) is 4. The number of anilines is 2. The van der Waals surface area contributed by atoms with Crippen LogP contribution in [0.1, 0.15) is 42.1 Å². The van der Waals surface area contributed by atoms with Gasteiger partial charge in [0.05, 0.1) is 12.7 Å². The van der Waals surface area contributed by atoms with Gasteiger partial charge in [-0.25, -0.2) is 4.98 Å². The average Bonchev–Trinajstić information content (AvgIpc) is 2.70. The van der Waals surface area contributed by atoms with Gasteiger partial charge in [-0.05, 0) is 69.0 Å². The van der Waals surface area contributed by atoms with Crippen LogP contribution in [0.3, 0.4) is 0 Å². The first-order valence-corrected chi connectivity index (χ1v) is 9.31. The first-order valence-electron chi connectivity index (χ1n) is 9.31. The van der Waals surface area contributed by atoms with Crippen molar-refractivity contribution in [1.82, 2.24) is 9.88 Å². The Morgan fingerprint density at radius 1 is 1.19 bits per heavy atom. The summed E-state index contributed by atoms with van der Waals surface area (Å²) < 4.78 is 5.24.